The number of aromatic nitrogens is 2. The summed E-state index contributed by atoms with van der Waals surface area (Å²) in [6.07, 6.45) is 10.8. The van der Waals surface area contributed by atoms with E-state index >= 15 is 0 Å². The zero-order chi connectivity index (χ0) is 16.1. The molecular weight excluding hydrogens is 294 g/mol. The topological polar surface area (TPSA) is 56.6 Å². The number of nitrogens with zero attached hydrogens (tertiary/aromatic N) is 3. The summed E-state index contributed by atoms with van der Waals surface area (Å²) in [5.41, 5.74) is 0. The Labute approximate surface area is 137 Å². The maximum Gasteiger partial charge on any atom is 0.251 e. The van der Waals surface area contributed by atoms with Gasteiger partial charge in [-0.15, -0.1) is 0 Å². The summed E-state index contributed by atoms with van der Waals surface area (Å²) < 4.78 is 13.5. The average Bonchev–Trinajstić information content (AvgIpc) is 3.15. The van der Waals surface area contributed by atoms with Gasteiger partial charge in [-0.25, -0.2) is 4.98 Å². The Morgan fingerprint density at radius 1 is 1.39 bits per heavy atom. The molecule has 6 nitrogen and oxygen atoms in total. The van der Waals surface area contributed by atoms with Gasteiger partial charge in [-0.1, -0.05) is 0 Å². The largest absolute Gasteiger partial charge is 0.376 e. The second kappa shape index (κ2) is 7.93. The number of imidazole rings is 1. The Balaban J connectivity index is 1.48. The standard InChI is InChI=1S/C17H27N3O3/c1-14(23-12-16-6-2-3-10-22-16)17(21)19-8-4-5-15(11-19)20-9-7-18-13-20/h7,9,13-16H,2-6,8,10-12H2,1H3/t14-,15+,16-/m0/s1. The minimum Gasteiger partial charge on any atom is -0.376 e. The maximum atomic E-state index is 12.6. The molecule has 0 bridgehead atoms. The molecule has 128 valence electrons. The van der Waals surface area contributed by atoms with Crippen LogP contribution in [0.4, 0.5) is 0 Å². The summed E-state index contributed by atoms with van der Waals surface area (Å²) in [5, 5.41) is 0. The molecule has 0 aliphatic carbocycles. The Morgan fingerprint density at radius 3 is 3.04 bits per heavy atom. The fourth-order valence-corrected chi connectivity index (χ4v) is 3.40. The highest BCUT2D eigenvalue weighted by Gasteiger charge is 2.28. The average molecular weight is 321 g/mol. The molecule has 2 aliphatic heterocycles. The third-order valence-electron chi connectivity index (χ3n) is 4.81. The molecule has 23 heavy (non-hydrogen) atoms. The van der Waals surface area contributed by atoms with Crippen LogP contribution in [0.25, 0.3) is 0 Å². The van der Waals surface area contributed by atoms with Gasteiger partial charge < -0.3 is 18.9 Å². The number of likely N-dealkylation sites (tertiary alicyclic amines) is 1. The quantitative estimate of drug-likeness (QED) is 0.832. The van der Waals surface area contributed by atoms with Crippen molar-refractivity contribution in [1.82, 2.24) is 14.5 Å². The summed E-state index contributed by atoms with van der Waals surface area (Å²) in [4.78, 5) is 18.7. The molecule has 0 N–H and O–H groups in total. The van der Waals surface area contributed by atoms with Crippen molar-refractivity contribution in [1.29, 1.82) is 0 Å². The summed E-state index contributed by atoms with van der Waals surface area (Å²) in [5.74, 6) is 0.0885. The van der Waals surface area contributed by atoms with E-state index in [9.17, 15) is 4.79 Å². The minimum atomic E-state index is -0.401. The predicted octanol–water partition coefficient (Wildman–Crippen LogP) is 2.02. The summed E-state index contributed by atoms with van der Waals surface area (Å²) in [7, 11) is 0. The summed E-state index contributed by atoms with van der Waals surface area (Å²) in [6.45, 7) is 4.74. The molecule has 2 aliphatic rings. The van der Waals surface area contributed by atoms with Gasteiger partial charge in [0.25, 0.3) is 5.91 Å². The molecule has 2 fully saturated rings. The van der Waals surface area contributed by atoms with E-state index in [0.29, 0.717) is 12.6 Å². The van der Waals surface area contributed by atoms with Crippen molar-refractivity contribution in [3.8, 4) is 0 Å². The van der Waals surface area contributed by atoms with Crippen LogP contribution < -0.4 is 0 Å². The van der Waals surface area contributed by atoms with Crippen molar-refractivity contribution in [3.63, 3.8) is 0 Å². The fourth-order valence-electron chi connectivity index (χ4n) is 3.40. The van der Waals surface area contributed by atoms with Crippen LogP contribution in [0.15, 0.2) is 18.7 Å². The molecular formula is C17H27N3O3. The van der Waals surface area contributed by atoms with Crippen LogP contribution in [0.3, 0.4) is 0 Å². The third kappa shape index (κ3) is 4.32. The van der Waals surface area contributed by atoms with Crippen LogP contribution >= 0.6 is 0 Å². The molecule has 1 aromatic heterocycles. The van der Waals surface area contributed by atoms with Crippen molar-refractivity contribution in [2.24, 2.45) is 0 Å². The fraction of sp³-hybridized carbons (Fsp3) is 0.765. The molecule has 0 radical (unpaired) electrons. The number of amides is 1. The molecule has 6 heteroatoms. The van der Waals surface area contributed by atoms with E-state index in [0.717, 1.165) is 45.4 Å². The predicted molar refractivity (Wildman–Crippen MR) is 86.1 cm³/mol. The molecule has 0 aromatic carbocycles. The van der Waals surface area contributed by atoms with E-state index in [4.69, 9.17) is 9.47 Å². The number of ether oxygens (including phenoxy) is 2. The van der Waals surface area contributed by atoms with E-state index in [1.807, 2.05) is 24.3 Å². The zero-order valence-corrected chi connectivity index (χ0v) is 13.9. The van der Waals surface area contributed by atoms with Crippen LogP contribution in [0.5, 0.6) is 0 Å². The highest BCUT2D eigenvalue weighted by atomic mass is 16.5. The molecule has 2 saturated heterocycles. The zero-order valence-electron chi connectivity index (χ0n) is 13.9. The van der Waals surface area contributed by atoms with Gasteiger partial charge in [0, 0.05) is 32.1 Å². The number of carbonyl (C=O) groups excluding carboxylic acids is 1. The number of piperidine rings is 1. The number of hydrogen-bond acceptors (Lipinski definition) is 4. The number of carbonyl (C=O) groups is 1. The van der Waals surface area contributed by atoms with Crippen LogP contribution in [-0.4, -0.2) is 58.9 Å². The van der Waals surface area contributed by atoms with Gasteiger partial charge in [-0.3, -0.25) is 4.79 Å². The van der Waals surface area contributed by atoms with Crippen molar-refractivity contribution in [3.05, 3.63) is 18.7 Å². The highest BCUT2D eigenvalue weighted by Crippen LogP contribution is 2.22. The maximum absolute atomic E-state index is 12.6. The monoisotopic (exact) mass is 321 g/mol. The molecule has 1 amide bonds. The molecule has 3 atom stereocenters. The minimum absolute atomic E-state index is 0.0885. The third-order valence-corrected chi connectivity index (χ3v) is 4.81. The van der Waals surface area contributed by atoms with Crippen molar-refractivity contribution >= 4 is 5.91 Å². The second-order valence-corrected chi connectivity index (χ2v) is 6.55. The van der Waals surface area contributed by atoms with Gasteiger partial charge in [0.1, 0.15) is 6.10 Å². The van der Waals surface area contributed by atoms with E-state index in [-0.39, 0.29) is 12.0 Å². The molecule has 0 unspecified atom stereocenters. The van der Waals surface area contributed by atoms with Gasteiger partial charge in [0.15, 0.2) is 0 Å². The number of hydrogen-bond donors (Lipinski definition) is 0. The SMILES string of the molecule is C[C@H](OC[C@@H]1CCCCO1)C(=O)N1CCC[C@@H](n2ccnc2)C1. The Hall–Kier alpha value is -1.40. The lowest BCUT2D eigenvalue weighted by Gasteiger charge is -2.35. The molecule has 1 aromatic rings. The van der Waals surface area contributed by atoms with E-state index in [1.165, 1.54) is 6.42 Å². The second-order valence-electron chi connectivity index (χ2n) is 6.55. The summed E-state index contributed by atoms with van der Waals surface area (Å²) >= 11 is 0. The first-order valence-corrected chi connectivity index (χ1v) is 8.73. The highest BCUT2D eigenvalue weighted by molar-refractivity contribution is 5.80. The Bertz CT molecular complexity index is 485. The van der Waals surface area contributed by atoms with Crippen molar-refractivity contribution in [2.45, 2.75) is 57.3 Å². The van der Waals surface area contributed by atoms with Crippen LogP contribution in [-0.2, 0) is 14.3 Å². The lowest BCUT2D eigenvalue weighted by Crippen LogP contribution is -2.45. The molecule has 3 heterocycles. The first kappa shape index (κ1) is 16.5. The van der Waals surface area contributed by atoms with Gasteiger partial charge in [-0.05, 0) is 39.0 Å². The smallest absolute Gasteiger partial charge is 0.251 e. The van der Waals surface area contributed by atoms with E-state index in [2.05, 4.69) is 9.55 Å². The van der Waals surface area contributed by atoms with Crippen LogP contribution in [0, 0.1) is 0 Å². The van der Waals surface area contributed by atoms with Gasteiger partial charge in [-0.2, -0.15) is 0 Å². The first-order chi connectivity index (χ1) is 11.2. The van der Waals surface area contributed by atoms with Crippen molar-refractivity contribution < 1.29 is 14.3 Å². The molecule has 3 rings (SSSR count). The Kier molecular flexibility index (Phi) is 5.67. The van der Waals surface area contributed by atoms with Crippen LogP contribution in [0.2, 0.25) is 0 Å². The van der Waals surface area contributed by atoms with Gasteiger partial charge >= 0.3 is 0 Å². The van der Waals surface area contributed by atoms with Gasteiger partial charge in [0.2, 0.25) is 0 Å². The van der Waals surface area contributed by atoms with Crippen molar-refractivity contribution in [2.75, 3.05) is 26.3 Å². The normalized spacial score (nSPS) is 26.9. The summed E-state index contributed by atoms with van der Waals surface area (Å²) in [6, 6.07) is 0.323. The lowest BCUT2D eigenvalue weighted by atomic mass is 10.0. The molecule has 0 saturated carbocycles. The Morgan fingerprint density at radius 2 is 2.30 bits per heavy atom. The van der Waals surface area contributed by atoms with Crippen LogP contribution in [0.1, 0.15) is 45.1 Å². The lowest BCUT2D eigenvalue weighted by molar-refractivity contribution is -0.147. The van der Waals surface area contributed by atoms with Gasteiger partial charge in [0.05, 0.1) is 25.1 Å². The number of rotatable bonds is 5. The van der Waals surface area contributed by atoms with E-state index in [1.54, 1.807) is 6.20 Å². The first-order valence-electron chi connectivity index (χ1n) is 8.73. The van der Waals surface area contributed by atoms with E-state index < -0.39 is 6.10 Å². The molecule has 0 spiro atoms.